The van der Waals surface area contributed by atoms with Crippen LogP contribution >= 0.6 is 0 Å². The zero-order valence-corrected chi connectivity index (χ0v) is 17.0. The summed E-state index contributed by atoms with van der Waals surface area (Å²) >= 11 is 0. The Hall–Kier alpha value is -3.90. The van der Waals surface area contributed by atoms with E-state index in [-0.39, 0.29) is 18.3 Å². The first-order valence-electron chi connectivity index (χ1n) is 10.0. The van der Waals surface area contributed by atoms with Crippen LogP contribution in [-0.2, 0) is 17.9 Å². The molecule has 5 rings (SSSR count). The molecule has 0 spiro atoms. The Morgan fingerprint density at radius 1 is 1.00 bits per heavy atom. The fraction of sp³-hybridized carbons (Fsp3) is 0.120. The third kappa shape index (κ3) is 3.58. The number of nitrogens with one attached hydrogen (secondary N) is 1. The first kappa shape index (κ1) is 19.1. The smallest absolute Gasteiger partial charge is 0.292 e. The summed E-state index contributed by atoms with van der Waals surface area (Å²) in [4.78, 5) is 13.1. The Bertz CT molecular complexity index is 1380. The summed E-state index contributed by atoms with van der Waals surface area (Å²) in [7, 11) is 1.60. The second-order valence-electron chi connectivity index (χ2n) is 7.31. The zero-order chi connectivity index (χ0) is 21.2. The van der Waals surface area contributed by atoms with Crippen molar-refractivity contribution in [3.05, 3.63) is 95.9 Å². The highest BCUT2D eigenvalue weighted by atomic mass is 16.5. The van der Waals surface area contributed by atoms with Gasteiger partial charge in [0.25, 0.3) is 5.91 Å². The number of aromatic nitrogens is 2. The van der Waals surface area contributed by atoms with Crippen LogP contribution in [0.15, 0.2) is 83.4 Å². The zero-order valence-electron chi connectivity index (χ0n) is 17.0. The molecule has 0 aliphatic heterocycles. The van der Waals surface area contributed by atoms with E-state index in [1.54, 1.807) is 24.1 Å². The number of furan rings is 1. The van der Waals surface area contributed by atoms with Crippen LogP contribution in [0.5, 0.6) is 0 Å². The molecule has 0 fully saturated rings. The molecule has 0 saturated carbocycles. The Kier molecular flexibility index (Phi) is 4.98. The number of anilines is 1. The monoisotopic (exact) mass is 411 g/mol. The van der Waals surface area contributed by atoms with Gasteiger partial charge in [-0.25, -0.2) is 4.68 Å². The summed E-state index contributed by atoms with van der Waals surface area (Å²) in [5.74, 6) is 0.519. The maximum absolute atomic E-state index is 13.1. The number of fused-ring (bicyclic) bond motifs is 2. The summed E-state index contributed by atoms with van der Waals surface area (Å²) < 4.78 is 12.9. The van der Waals surface area contributed by atoms with Crippen LogP contribution in [0.2, 0.25) is 0 Å². The van der Waals surface area contributed by atoms with Gasteiger partial charge in [0, 0.05) is 24.1 Å². The first-order chi connectivity index (χ1) is 15.2. The van der Waals surface area contributed by atoms with Crippen molar-refractivity contribution < 1.29 is 13.9 Å². The SMILES string of the molecule is COCc1c(C(=O)Nc2ccnn2Cc2cccc3ccccc23)oc2ccccc12. The van der Waals surface area contributed by atoms with Gasteiger partial charge < -0.3 is 14.5 Å². The van der Waals surface area contributed by atoms with E-state index in [1.807, 2.05) is 42.5 Å². The number of hydrogen-bond donors (Lipinski definition) is 1. The third-order valence-corrected chi connectivity index (χ3v) is 5.35. The van der Waals surface area contributed by atoms with Crippen molar-refractivity contribution in [1.29, 1.82) is 0 Å². The number of carbonyl (C=O) groups excluding carboxylic acids is 1. The number of methoxy groups -OCH3 is 1. The van der Waals surface area contributed by atoms with E-state index in [1.165, 1.54) is 5.39 Å². The fourth-order valence-corrected chi connectivity index (χ4v) is 3.90. The van der Waals surface area contributed by atoms with Gasteiger partial charge in [0.15, 0.2) is 5.76 Å². The van der Waals surface area contributed by atoms with Crippen molar-refractivity contribution in [3.63, 3.8) is 0 Å². The molecule has 1 amide bonds. The summed E-state index contributed by atoms with van der Waals surface area (Å²) in [6.45, 7) is 0.823. The number of amides is 1. The van der Waals surface area contributed by atoms with Crippen LogP contribution in [-0.4, -0.2) is 22.8 Å². The molecule has 0 radical (unpaired) electrons. The Balaban J connectivity index is 1.45. The second-order valence-corrected chi connectivity index (χ2v) is 7.31. The Morgan fingerprint density at radius 3 is 2.65 bits per heavy atom. The molecule has 31 heavy (non-hydrogen) atoms. The minimum absolute atomic E-state index is 0.251. The van der Waals surface area contributed by atoms with Crippen LogP contribution in [0, 0.1) is 0 Å². The number of ether oxygens (including phenoxy) is 1. The number of nitrogens with zero attached hydrogens (tertiary/aromatic N) is 2. The largest absolute Gasteiger partial charge is 0.451 e. The minimum atomic E-state index is -0.331. The maximum Gasteiger partial charge on any atom is 0.292 e. The summed E-state index contributed by atoms with van der Waals surface area (Å²) in [6.07, 6.45) is 1.68. The molecule has 3 aromatic carbocycles. The van der Waals surface area contributed by atoms with E-state index >= 15 is 0 Å². The van der Waals surface area contributed by atoms with Crippen molar-refractivity contribution in [3.8, 4) is 0 Å². The van der Waals surface area contributed by atoms with Gasteiger partial charge in [-0.3, -0.25) is 4.79 Å². The number of para-hydroxylation sites is 1. The van der Waals surface area contributed by atoms with Gasteiger partial charge in [-0.15, -0.1) is 0 Å². The summed E-state index contributed by atoms with van der Waals surface area (Å²) in [5.41, 5.74) is 2.51. The molecule has 6 heteroatoms. The molecule has 0 atom stereocenters. The average Bonchev–Trinajstić information content (AvgIpc) is 3.39. The van der Waals surface area contributed by atoms with Gasteiger partial charge in [-0.2, -0.15) is 5.10 Å². The lowest BCUT2D eigenvalue weighted by Gasteiger charge is -2.11. The van der Waals surface area contributed by atoms with Gasteiger partial charge in [-0.05, 0) is 22.4 Å². The van der Waals surface area contributed by atoms with Crippen LogP contribution in [0.4, 0.5) is 5.82 Å². The maximum atomic E-state index is 13.1. The highest BCUT2D eigenvalue weighted by Crippen LogP contribution is 2.27. The molecule has 1 N–H and O–H groups in total. The van der Waals surface area contributed by atoms with Crippen molar-refractivity contribution >= 4 is 33.5 Å². The fourth-order valence-electron chi connectivity index (χ4n) is 3.90. The van der Waals surface area contributed by atoms with E-state index < -0.39 is 0 Å². The van der Waals surface area contributed by atoms with Crippen molar-refractivity contribution in [2.45, 2.75) is 13.2 Å². The Labute approximate surface area is 179 Å². The van der Waals surface area contributed by atoms with Crippen molar-refractivity contribution in [1.82, 2.24) is 9.78 Å². The van der Waals surface area contributed by atoms with E-state index in [2.05, 4.69) is 34.7 Å². The predicted molar refractivity (Wildman–Crippen MR) is 120 cm³/mol. The Morgan fingerprint density at radius 2 is 1.77 bits per heavy atom. The molecule has 2 heterocycles. The first-order valence-corrected chi connectivity index (χ1v) is 10.0. The van der Waals surface area contributed by atoms with Gasteiger partial charge in [0.05, 0.1) is 19.3 Å². The molecule has 5 aromatic rings. The van der Waals surface area contributed by atoms with Crippen molar-refractivity contribution in [2.24, 2.45) is 0 Å². The molecule has 0 unspecified atom stereocenters. The molecule has 2 aromatic heterocycles. The number of rotatable bonds is 6. The van der Waals surface area contributed by atoms with Gasteiger partial charge in [0.1, 0.15) is 11.4 Å². The van der Waals surface area contributed by atoms with E-state index in [0.717, 1.165) is 21.9 Å². The molecule has 154 valence electrons. The number of carbonyl (C=O) groups is 1. The molecule has 0 saturated heterocycles. The molecular formula is C25H21N3O3. The van der Waals surface area contributed by atoms with E-state index in [4.69, 9.17) is 9.15 Å². The van der Waals surface area contributed by atoms with Gasteiger partial charge in [-0.1, -0.05) is 60.7 Å². The quantitative estimate of drug-likeness (QED) is 0.415. The van der Waals surface area contributed by atoms with Crippen LogP contribution in [0.3, 0.4) is 0 Å². The topological polar surface area (TPSA) is 69.3 Å². The molecule has 6 nitrogen and oxygen atoms in total. The summed E-state index contributed by atoms with van der Waals surface area (Å²) in [6, 6.07) is 23.8. The highest BCUT2D eigenvalue weighted by molar-refractivity contribution is 6.06. The van der Waals surface area contributed by atoms with Crippen LogP contribution < -0.4 is 5.32 Å². The average molecular weight is 411 g/mol. The van der Waals surface area contributed by atoms with E-state index in [0.29, 0.717) is 17.9 Å². The van der Waals surface area contributed by atoms with Crippen LogP contribution in [0.25, 0.3) is 21.7 Å². The lowest BCUT2D eigenvalue weighted by Crippen LogP contribution is -2.17. The van der Waals surface area contributed by atoms with E-state index in [9.17, 15) is 4.79 Å². The lowest BCUT2D eigenvalue weighted by atomic mass is 10.0. The summed E-state index contributed by atoms with van der Waals surface area (Å²) in [5, 5.41) is 10.6. The van der Waals surface area contributed by atoms with Gasteiger partial charge >= 0.3 is 0 Å². The van der Waals surface area contributed by atoms with Gasteiger partial charge in [0.2, 0.25) is 0 Å². The van der Waals surface area contributed by atoms with Crippen molar-refractivity contribution in [2.75, 3.05) is 12.4 Å². The number of hydrogen-bond acceptors (Lipinski definition) is 4. The highest BCUT2D eigenvalue weighted by Gasteiger charge is 2.21. The molecule has 0 aliphatic rings. The molecular weight excluding hydrogens is 390 g/mol. The normalized spacial score (nSPS) is 11.3. The second kappa shape index (κ2) is 8.08. The standard InChI is InChI=1S/C25H21N3O3/c1-30-16-21-20-11-4-5-12-22(20)31-24(21)25(29)27-23-13-14-26-28(23)15-18-9-6-8-17-7-2-3-10-19(17)18/h2-14H,15-16H2,1H3,(H,27,29). The lowest BCUT2D eigenvalue weighted by molar-refractivity contribution is 0.0991. The number of benzene rings is 3. The third-order valence-electron chi connectivity index (χ3n) is 5.35. The predicted octanol–water partition coefficient (Wildman–Crippen LogP) is 5.23. The minimum Gasteiger partial charge on any atom is -0.451 e. The molecule has 0 aliphatic carbocycles. The molecule has 0 bridgehead atoms. The van der Waals surface area contributed by atoms with Crippen LogP contribution in [0.1, 0.15) is 21.7 Å².